The predicted octanol–water partition coefficient (Wildman–Crippen LogP) is 1.26. The first-order chi connectivity index (χ1) is 5.81. The van der Waals surface area contributed by atoms with Gasteiger partial charge in [0.15, 0.2) is 0 Å². The van der Waals surface area contributed by atoms with Crippen LogP contribution in [0.15, 0.2) is 0 Å². The quantitative estimate of drug-likeness (QED) is 0.571. The van der Waals surface area contributed by atoms with Gasteiger partial charge in [-0.2, -0.15) is 0 Å². The van der Waals surface area contributed by atoms with E-state index in [9.17, 15) is 0 Å². The van der Waals surface area contributed by atoms with Gasteiger partial charge in [0, 0.05) is 6.04 Å². The van der Waals surface area contributed by atoms with Gasteiger partial charge in [0.2, 0.25) is 0 Å². The molecule has 1 aliphatic carbocycles. The first-order valence-corrected chi connectivity index (χ1v) is 5.27. The van der Waals surface area contributed by atoms with E-state index < -0.39 is 0 Å². The Hall–Kier alpha value is -0.0800. The van der Waals surface area contributed by atoms with E-state index >= 15 is 0 Å². The van der Waals surface area contributed by atoms with Crippen LogP contribution in [0.3, 0.4) is 0 Å². The molecule has 2 fully saturated rings. The van der Waals surface area contributed by atoms with Crippen LogP contribution in [0.2, 0.25) is 0 Å². The molecule has 0 atom stereocenters. The van der Waals surface area contributed by atoms with Crippen LogP contribution in [-0.4, -0.2) is 19.1 Å². The summed E-state index contributed by atoms with van der Waals surface area (Å²) in [5.74, 6) is 0. The molecular weight excluding hydrogens is 148 g/mol. The van der Waals surface area contributed by atoms with Gasteiger partial charge in [-0.05, 0) is 57.0 Å². The summed E-state index contributed by atoms with van der Waals surface area (Å²) < 4.78 is 0. The van der Waals surface area contributed by atoms with Crippen LogP contribution in [0.1, 0.15) is 38.5 Å². The summed E-state index contributed by atoms with van der Waals surface area (Å²) in [6, 6.07) is 0.505. The Labute approximate surface area is 74.9 Å². The lowest BCUT2D eigenvalue weighted by atomic mass is 9.67. The zero-order valence-electron chi connectivity index (χ0n) is 7.81. The van der Waals surface area contributed by atoms with E-state index in [0.717, 1.165) is 0 Å². The number of hydrogen-bond acceptors (Lipinski definition) is 2. The minimum absolute atomic E-state index is 0.505. The van der Waals surface area contributed by atoms with E-state index in [1.807, 2.05) is 0 Å². The van der Waals surface area contributed by atoms with Crippen LogP contribution in [0, 0.1) is 5.41 Å². The van der Waals surface area contributed by atoms with Gasteiger partial charge in [-0.3, -0.25) is 0 Å². The number of rotatable bonds is 0. The first kappa shape index (κ1) is 8.52. The molecule has 2 rings (SSSR count). The minimum Gasteiger partial charge on any atom is -0.328 e. The third kappa shape index (κ3) is 1.64. The van der Waals surface area contributed by atoms with Crippen LogP contribution in [0.5, 0.6) is 0 Å². The maximum atomic E-state index is 5.91. The van der Waals surface area contributed by atoms with Crippen molar-refractivity contribution in [1.82, 2.24) is 5.32 Å². The first-order valence-electron chi connectivity index (χ1n) is 5.27. The molecule has 12 heavy (non-hydrogen) atoms. The van der Waals surface area contributed by atoms with Gasteiger partial charge >= 0.3 is 0 Å². The van der Waals surface area contributed by atoms with Crippen molar-refractivity contribution >= 4 is 0 Å². The highest BCUT2D eigenvalue weighted by molar-refractivity contribution is 4.90. The second kappa shape index (κ2) is 3.35. The summed E-state index contributed by atoms with van der Waals surface area (Å²) in [6.07, 6.45) is 8.07. The highest BCUT2D eigenvalue weighted by Crippen LogP contribution is 2.42. The molecule has 0 aromatic rings. The van der Waals surface area contributed by atoms with E-state index in [-0.39, 0.29) is 0 Å². The Morgan fingerprint density at radius 1 is 1.00 bits per heavy atom. The molecule has 1 heterocycles. The summed E-state index contributed by atoms with van der Waals surface area (Å²) in [5, 5.41) is 3.44. The second-order valence-electron chi connectivity index (χ2n) is 4.59. The SMILES string of the molecule is NC1CCC2(CCNCC2)CC1. The highest BCUT2D eigenvalue weighted by atomic mass is 14.9. The molecule has 0 amide bonds. The maximum absolute atomic E-state index is 5.91. The van der Waals surface area contributed by atoms with Crippen molar-refractivity contribution in [3.05, 3.63) is 0 Å². The van der Waals surface area contributed by atoms with E-state index in [1.54, 1.807) is 0 Å². The van der Waals surface area contributed by atoms with Gasteiger partial charge in [-0.15, -0.1) is 0 Å². The van der Waals surface area contributed by atoms with Crippen LogP contribution in [0.25, 0.3) is 0 Å². The molecule has 0 aromatic carbocycles. The van der Waals surface area contributed by atoms with Crippen molar-refractivity contribution in [2.24, 2.45) is 11.1 Å². The van der Waals surface area contributed by atoms with Crippen LogP contribution in [-0.2, 0) is 0 Å². The average Bonchev–Trinajstić information content (AvgIpc) is 2.13. The zero-order chi connectivity index (χ0) is 8.44. The maximum Gasteiger partial charge on any atom is 0.00392 e. The molecule has 3 N–H and O–H groups in total. The van der Waals surface area contributed by atoms with E-state index in [2.05, 4.69) is 5.32 Å². The monoisotopic (exact) mass is 168 g/mol. The fraction of sp³-hybridized carbons (Fsp3) is 1.00. The Morgan fingerprint density at radius 3 is 2.17 bits per heavy atom. The van der Waals surface area contributed by atoms with Gasteiger partial charge in [-0.1, -0.05) is 0 Å². The standard InChI is InChI=1S/C10H20N2/c11-9-1-3-10(4-2-9)5-7-12-8-6-10/h9,12H,1-8,11H2. The summed E-state index contributed by atoms with van der Waals surface area (Å²) in [7, 11) is 0. The number of nitrogens with two attached hydrogens (primary N) is 1. The lowest BCUT2D eigenvalue weighted by Crippen LogP contribution is -2.41. The zero-order valence-corrected chi connectivity index (χ0v) is 7.81. The Morgan fingerprint density at radius 2 is 1.58 bits per heavy atom. The van der Waals surface area contributed by atoms with Crippen molar-refractivity contribution < 1.29 is 0 Å². The van der Waals surface area contributed by atoms with Crippen molar-refractivity contribution in [1.29, 1.82) is 0 Å². The topological polar surface area (TPSA) is 38.0 Å². The molecule has 1 aliphatic heterocycles. The lowest BCUT2D eigenvalue weighted by molar-refractivity contribution is 0.124. The molecule has 2 nitrogen and oxygen atoms in total. The molecule has 1 saturated carbocycles. The third-order valence-corrected chi connectivity index (χ3v) is 3.76. The number of piperidine rings is 1. The normalized spacial score (nSPS) is 30.8. The third-order valence-electron chi connectivity index (χ3n) is 3.76. The fourth-order valence-corrected chi connectivity index (χ4v) is 2.71. The minimum atomic E-state index is 0.505. The van der Waals surface area contributed by atoms with Crippen molar-refractivity contribution in [3.8, 4) is 0 Å². The van der Waals surface area contributed by atoms with Crippen molar-refractivity contribution in [3.63, 3.8) is 0 Å². The predicted molar refractivity (Wildman–Crippen MR) is 51.0 cm³/mol. The Kier molecular flexibility index (Phi) is 2.37. The van der Waals surface area contributed by atoms with Gasteiger partial charge in [0.25, 0.3) is 0 Å². The summed E-state index contributed by atoms with van der Waals surface area (Å²) in [4.78, 5) is 0. The number of nitrogens with one attached hydrogen (secondary N) is 1. The Balaban J connectivity index is 1.92. The molecule has 1 spiro atoms. The van der Waals surface area contributed by atoms with Crippen LogP contribution >= 0.6 is 0 Å². The van der Waals surface area contributed by atoms with Crippen LogP contribution in [0.4, 0.5) is 0 Å². The van der Waals surface area contributed by atoms with Crippen molar-refractivity contribution in [2.45, 2.75) is 44.6 Å². The summed E-state index contributed by atoms with van der Waals surface area (Å²) in [6.45, 7) is 2.46. The molecule has 2 aliphatic rings. The van der Waals surface area contributed by atoms with E-state index in [4.69, 9.17) is 5.73 Å². The van der Waals surface area contributed by atoms with Gasteiger partial charge in [0.05, 0.1) is 0 Å². The molecule has 0 aromatic heterocycles. The molecule has 0 bridgehead atoms. The van der Waals surface area contributed by atoms with Gasteiger partial charge in [0.1, 0.15) is 0 Å². The smallest absolute Gasteiger partial charge is 0.00392 e. The molecule has 1 saturated heterocycles. The molecule has 2 heteroatoms. The largest absolute Gasteiger partial charge is 0.328 e. The number of hydrogen-bond donors (Lipinski definition) is 2. The average molecular weight is 168 g/mol. The summed E-state index contributed by atoms with van der Waals surface area (Å²) >= 11 is 0. The molecule has 0 unspecified atom stereocenters. The van der Waals surface area contributed by atoms with Crippen LogP contribution < -0.4 is 11.1 Å². The van der Waals surface area contributed by atoms with E-state index in [0.29, 0.717) is 11.5 Å². The Bertz CT molecular complexity index is 140. The van der Waals surface area contributed by atoms with Crippen molar-refractivity contribution in [2.75, 3.05) is 13.1 Å². The molecule has 70 valence electrons. The lowest BCUT2D eigenvalue weighted by Gasteiger charge is -2.42. The summed E-state index contributed by atoms with van der Waals surface area (Å²) in [5.41, 5.74) is 6.60. The highest BCUT2D eigenvalue weighted by Gasteiger charge is 2.34. The molecular formula is C10H20N2. The second-order valence-corrected chi connectivity index (χ2v) is 4.59. The molecule has 0 radical (unpaired) electrons. The van der Waals surface area contributed by atoms with Gasteiger partial charge in [-0.25, -0.2) is 0 Å². The fourth-order valence-electron chi connectivity index (χ4n) is 2.71. The van der Waals surface area contributed by atoms with Gasteiger partial charge < -0.3 is 11.1 Å². The van der Waals surface area contributed by atoms with E-state index in [1.165, 1.54) is 51.6 Å².